The molecule has 0 unspecified atom stereocenters. The Balaban J connectivity index is 1.82. The molecule has 0 spiro atoms. The van der Waals surface area contributed by atoms with Gasteiger partial charge in [0.15, 0.2) is 11.8 Å². The first kappa shape index (κ1) is 20.7. The average Bonchev–Trinajstić information content (AvgIpc) is 2.92. The van der Waals surface area contributed by atoms with Gasteiger partial charge < -0.3 is 10.5 Å². The van der Waals surface area contributed by atoms with Gasteiger partial charge >= 0.3 is 0 Å². The van der Waals surface area contributed by atoms with Crippen LogP contribution in [0.4, 0.5) is 5.69 Å². The Bertz CT molecular complexity index is 1000. The number of amidine groups is 1. The van der Waals surface area contributed by atoms with Crippen LogP contribution in [-0.2, 0) is 9.59 Å². The molecule has 0 radical (unpaired) electrons. The number of carbonyl (C=O) groups is 2. The summed E-state index contributed by atoms with van der Waals surface area (Å²) in [6.07, 6.45) is 1.82. The van der Waals surface area contributed by atoms with Crippen molar-refractivity contribution in [2.75, 3.05) is 13.7 Å². The van der Waals surface area contributed by atoms with E-state index in [9.17, 15) is 9.59 Å². The molecule has 1 aliphatic heterocycles. The number of thioether (sulfide) groups is 1. The Morgan fingerprint density at radius 1 is 1.17 bits per heavy atom. The third kappa shape index (κ3) is 4.86. The van der Waals surface area contributed by atoms with Crippen LogP contribution in [-0.4, -0.2) is 35.5 Å². The van der Waals surface area contributed by atoms with Crippen LogP contribution in [0, 0.1) is 20.8 Å². The van der Waals surface area contributed by atoms with E-state index in [1.54, 1.807) is 24.1 Å². The standard InChI is InChI=1S/C22H23N3O3S/c1-13-9-14(2)20(15(3)10-13)24-22-25(4)21(27)18(29-22)11-16-5-7-17(8-6-16)28-12-19(23)26/h5-11H,12H2,1-4H3,(H2,23,26)/b18-11-,24-22?. The number of aliphatic imine (C=N–C) groups is 1. The number of primary amides is 1. The molecular weight excluding hydrogens is 386 g/mol. The molecule has 0 bridgehead atoms. The SMILES string of the molecule is Cc1cc(C)c(N=C2S/C(=C\c3ccc(OCC(N)=O)cc3)C(=O)N2C)c(C)c1. The normalized spacial score (nSPS) is 16.7. The van der Waals surface area contributed by atoms with E-state index < -0.39 is 5.91 Å². The van der Waals surface area contributed by atoms with Crippen LogP contribution in [0.1, 0.15) is 22.3 Å². The number of carbonyl (C=O) groups excluding carboxylic acids is 2. The number of amides is 2. The van der Waals surface area contributed by atoms with E-state index >= 15 is 0 Å². The van der Waals surface area contributed by atoms with E-state index in [4.69, 9.17) is 15.5 Å². The van der Waals surface area contributed by atoms with E-state index in [2.05, 4.69) is 19.1 Å². The summed E-state index contributed by atoms with van der Waals surface area (Å²) in [5.74, 6) is -0.0793. The number of hydrogen-bond donors (Lipinski definition) is 1. The van der Waals surface area contributed by atoms with Crippen LogP contribution >= 0.6 is 11.8 Å². The number of benzene rings is 2. The molecule has 150 valence electrons. The Morgan fingerprint density at radius 3 is 2.38 bits per heavy atom. The van der Waals surface area contributed by atoms with Crippen molar-refractivity contribution < 1.29 is 14.3 Å². The van der Waals surface area contributed by atoms with Crippen molar-refractivity contribution in [3.05, 3.63) is 63.6 Å². The molecule has 2 aromatic rings. The first-order chi connectivity index (χ1) is 13.7. The van der Waals surface area contributed by atoms with E-state index in [0.717, 1.165) is 22.4 Å². The number of hydrogen-bond acceptors (Lipinski definition) is 5. The van der Waals surface area contributed by atoms with Crippen molar-refractivity contribution in [3.8, 4) is 5.75 Å². The fourth-order valence-electron chi connectivity index (χ4n) is 3.06. The van der Waals surface area contributed by atoms with Crippen molar-refractivity contribution in [1.29, 1.82) is 0 Å². The number of nitrogens with zero attached hydrogens (tertiary/aromatic N) is 2. The van der Waals surface area contributed by atoms with Gasteiger partial charge in [0.2, 0.25) is 0 Å². The molecule has 6 nitrogen and oxygen atoms in total. The van der Waals surface area contributed by atoms with E-state index in [0.29, 0.717) is 15.8 Å². The summed E-state index contributed by atoms with van der Waals surface area (Å²) < 4.78 is 5.25. The maximum atomic E-state index is 12.7. The summed E-state index contributed by atoms with van der Waals surface area (Å²) in [7, 11) is 1.73. The van der Waals surface area contributed by atoms with Gasteiger partial charge in [-0.3, -0.25) is 14.5 Å². The third-order valence-corrected chi connectivity index (χ3v) is 5.47. The van der Waals surface area contributed by atoms with Gasteiger partial charge in [0.1, 0.15) is 5.75 Å². The van der Waals surface area contributed by atoms with Gasteiger partial charge in [-0.25, -0.2) is 4.99 Å². The highest BCUT2D eigenvalue weighted by Crippen LogP contribution is 2.35. The molecule has 0 aromatic heterocycles. The van der Waals surface area contributed by atoms with E-state index in [1.807, 2.05) is 32.1 Å². The topological polar surface area (TPSA) is 85.0 Å². The smallest absolute Gasteiger partial charge is 0.266 e. The predicted octanol–water partition coefficient (Wildman–Crippen LogP) is 3.71. The minimum absolute atomic E-state index is 0.0924. The molecule has 0 saturated carbocycles. The van der Waals surface area contributed by atoms with Crippen molar-refractivity contribution >= 4 is 40.5 Å². The average molecular weight is 410 g/mol. The van der Waals surface area contributed by atoms with Crippen molar-refractivity contribution in [2.45, 2.75) is 20.8 Å². The molecule has 1 fully saturated rings. The zero-order chi connectivity index (χ0) is 21.1. The second-order valence-corrected chi connectivity index (χ2v) is 7.95. The quantitative estimate of drug-likeness (QED) is 0.763. The summed E-state index contributed by atoms with van der Waals surface area (Å²) in [5, 5.41) is 0.651. The minimum atomic E-state index is -0.530. The third-order valence-electron chi connectivity index (χ3n) is 4.41. The lowest BCUT2D eigenvalue weighted by atomic mass is 10.1. The summed E-state index contributed by atoms with van der Waals surface area (Å²) in [5.41, 5.74) is 10.2. The van der Waals surface area contributed by atoms with Gasteiger partial charge in [-0.15, -0.1) is 0 Å². The molecule has 1 aliphatic rings. The fraction of sp³-hybridized carbons (Fsp3) is 0.227. The number of ether oxygens (including phenoxy) is 1. The lowest BCUT2D eigenvalue weighted by molar-refractivity contribution is -0.121. The zero-order valence-corrected chi connectivity index (χ0v) is 17.7. The van der Waals surface area contributed by atoms with Crippen LogP contribution in [0.2, 0.25) is 0 Å². The van der Waals surface area contributed by atoms with Gasteiger partial charge in [-0.1, -0.05) is 29.8 Å². The van der Waals surface area contributed by atoms with Gasteiger partial charge in [0, 0.05) is 7.05 Å². The lowest BCUT2D eigenvalue weighted by Crippen LogP contribution is -2.23. The van der Waals surface area contributed by atoms with Crippen LogP contribution in [0.3, 0.4) is 0 Å². The van der Waals surface area contributed by atoms with Gasteiger partial charge in [0.05, 0.1) is 10.6 Å². The molecule has 2 amide bonds. The maximum Gasteiger partial charge on any atom is 0.266 e. The van der Waals surface area contributed by atoms with Crippen molar-refractivity contribution in [1.82, 2.24) is 4.90 Å². The molecular formula is C22H23N3O3S. The van der Waals surface area contributed by atoms with Crippen LogP contribution in [0.15, 0.2) is 46.3 Å². The van der Waals surface area contributed by atoms with Crippen LogP contribution in [0.25, 0.3) is 6.08 Å². The molecule has 2 N–H and O–H groups in total. The predicted molar refractivity (Wildman–Crippen MR) is 117 cm³/mol. The number of aryl methyl sites for hydroxylation is 3. The Labute approximate surface area is 174 Å². The molecule has 2 aromatic carbocycles. The maximum absolute atomic E-state index is 12.7. The molecule has 1 heterocycles. The number of likely N-dealkylation sites (N-methyl/N-ethyl adjacent to an activating group) is 1. The van der Waals surface area contributed by atoms with E-state index in [-0.39, 0.29) is 12.5 Å². The summed E-state index contributed by atoms with van der Waals surface area (Å²) in [6.45, 7) is 5.94. The summed E-state index contributed by atoms with van der Waals surface area (Å²) in [4.78, 5) is 30.4. The highest BCUT2D eigenvalue weighted by atomic mass is 32.2. The molecule has 3 rings (SSSR count). The van der Waals surface area contributed by atoms with Gasteiger partial charge in [-0.2, -0.15) is 0 Å². The monoisotopic (exact) mass is 409 g/mol. The molecule has 1 saturated heterocycles. The number of nitrogens with two attached hydrogens (primary N) is 1. The first-order valence-electron chi connectivity index (χ1n) is 9.10. The van der Waals surface area contributed by atoms with Gasteiger partial charge in [0.25, 0.3) is 11.8 Å². The molecule has 7 heteroatoms. The highest BCUT2D eigenvalue weighted by Gasteiger charge is 2.30. The zero-order valence-electron chi connectivity index (χ0n) is 16.9. The summed E-state index contributed by atoms with van der Waals surface area (Å²) in [6, 6.07) is 11.3. The van der Waals surface area contributed by atoms with Crippen LogP contribution < -0.4 is 10.5 Å². The number of rotatable bonds is 5. The minimum Gasteiger partial charge on any atom is -0.484 e. The molecule has 0 aliphatic carbocycles. The van der Waals surface area contributed by atoms with Crippen LogP contribution in [0.5, 0.6) is 5.75 Å². The van der Waals surface area contributed by atoms with Gasteiger partial charge in [-0.05, 0) is 67.4 Å². The lowest BCUT2D eigenvalue weighted by Gasteiger charge is -2.11. The first-order valence-corrected chi connectivity index (χ1v) is 9.91. The molecule has 0 atom stereocenters. The van der Waals surface area contributed by atoms with Crippen molar-refractivity contribution in [3.63, 3.8) is 0 Å². The van der Waals surface area contributed by atoms with Crippen molar-refractivity contribution in [2.24, 2.45) is 10.7 Å². The molecule has 29 heavy (non-hydrogen) atoms. The highest BCUT2D eigenvalue weighted by molar-refractivity contribution is 8.18. The Kier molecular flexibility index (Phi) is 6.08. The van der Waals surface area contributed by atoms with E-state index in [1.165, 1.54) is 17.3 Å². The second kappa shape index (κ2) is 8.53. The Morgan fingerprint density at radius 2 is 1.79 bits per heavy atom. The second-order valence-electron chi connectivity index (χ2n) is 6.94. The fourth-order valence-corrected chi connectivity index (χ4v) is 4.03. The largest absolute Gasteiger partial charge is 0.484 e. The Hall–Kier alpha value is -3.06. The summed E-state index contributed by atoms with van der Waals surface area (Å²) >= 11 is 1.35.